The van der Waals surface area contributed by atoms with Crippen molar-refractivity contribution in [2.24, 2.45) is 5.92 Å². The molecule has 2 saturated heterocycles. The zero-order valence-corrected chi connectivity index (χ0v) is 11.2. The van der Waals surface area contributed by atoms with Crippen LogP contribution in [0.3, 0.4) is 0 Å². The van der Waals surface area contributed by atoms with Crippen LogP contribution in [0.4, 0.5) is 4.39 Å². The molecule has 2 heterocycles. The Kier molecular flexibility index (Phi) is 3.00. The SMILES string of the molecule is Cc1ccc(C(=O)N2C3CCC2C(C(=O)O)C3)c(F)c1. The summed E-state index contributed by atoms with van der Waals surface area (Å²) in [5.74, 6) is -2.28. The quantitative estimate of drug-likeness (QED) is 0.901. The predicted molar refractivity (Wildman–Crippen MR) is 69.9 cm³/mol. The van der Waals surface area contributed by atoms with Gasteiger partial charge in [-0.3, -0.25) is 9.59 Å². The number of carbonyl (C=O) groups is 2. The number of carbonyl (C=O) groups excluding carboxylic acids is 1. The van der Waals surface area contributed by atoms with Crippen LogP contribution in [0.15, 0.2) is 18.2 Å². The van der Waals surface area contributed by atoms with E-state index in [1.165, 1.54) is 12.1 Å². The van der Waals surface area contributed by atoms with E-state index < -0.39 is 17.7 Å². The van der Waals surface area contributed by atoms with E-state index in [-0.39, 0.29) is 23.6 Å². The third-order valence-electron chi connectivity index (χ3n) is 4.44. The first kappa shape index (κ1) is 13.1. The maximum atomic E-state index is 13.9. The Bertz CT molecular complexity index is 586. The number of carboxylic acid groups (broad SMARTS) is 1. The molecule has 0 spiro atoms. The number of hydrogen-bond acceptors (Lipinski definition) is 2. The molecule has 106 valence electrons. The maximum Gasteiger partial charge on any atom is 0.308 e. The van der Waals surface area contributed by atoms with Gasteiger partial charge < -0.3 is 10.0 Å². The minimum absolute atomic E-state index is 0.0403. The highest BCUT2D eigenvalue weighted by Crippen LogP contribution is 2.42. The molecule has 1 aromatic carbocycles. The third kappa shape index (κ3) is 1.88. The summed E-state index contributed by atoms with van der Waals surface area (Å²) < 4.78 is 13.9. The molecule has 1 aromatic rings. The average molecular weight is 277 g/mol. The van der Waals surface area contributed by atoms with Gasteiger partial charge in [0.25, 0.3) is 5.91 Å². The van der Waals surface area contributed by atoms with Gasteiger partial charge in [0.05, 0.1) is 11.5 Å². The van der Waals surface area contributed by atoms with Crippen LogP contribution in [0.25, 0.3) is 0 Å². The fraction of sp³-hybridized carbons (Fsp3) is 0.467. The molecule has 20 heavy (non-hydrogen) atoms. The van der Waals surface area contributed by atoms with E-state index in [9.17, 15) is 19.1 Å². The Labute approximate surface area is 116 Å². The molecule has 2 aliphatic rings. The normalized spacial score (nSPS) is 27.9. The van der Waals surface area contributed by atoms with Crippen LogP contribution in [0.5, 0.6) is 0 Å². The predicted octanol–water partition coefficient (Wildman–Crippen LogP) is 2.21. The molecule has 0 aromatic heterocycles. The van der Waals surface area contributed by atoms with Crippen molar-refractivity contribution in [3.63, 3.8) is 0 Å². The van der Waals surface area contributed by atoms with Gasteiger partial charge in [0, 0.05) is 12.1 Å². The van der Waals surface area contributed by atoms with E-state index in [1.54, 1.807) is 17.9 Å². The first-order valence-electron chi connectivity index (χ1n) is 6.80. The van der Waals surface area contributed by atoms with Crippen LogP contribution >= 0.6 is 0 Å². The molecule has 4 nitrogen and oxygen atoms in total. The van der Waals surface area contributed by atoms with E-state index >= 15 is 0 Å². The second kappa shape index (κ2) is 4.58. The summed E-state index contributed by atoms with van der Waals surface area (Å²) >= 11 is 0. The minimum Gasteiger partial charge on any atom is -0.481 e. The van der Waals surface area contributed by atoms with Crippen molar-refractivity contribution >= 4 is 11.9 Å². The standard InChI is InChI=1S/C15H16FNO3/c1-8-2-4-10(12(16)6-8)14(18)17-9-3-5-13(17)11(7-9)15(19)20/h2,4,6,9,11,13H,3,5,7H2,1H3,(H,19,20). The topological polar surface area (TPSA) is 57.6 Å². The summed E-state index contributed by atoms with van der Waals surface area (Å²) in [6.07, 6.45) is 1.99. The lowest BCUT2D eigenvalue weighted by Crippen LogP contribution is -2.38. The first-order chi connectivity index (χ1) is 9.49. The lowest BCUT2D eigenvalue weighted by Gasteiger charge is -2.23. The first-order valence-corrected chi connectivity index (χ1v) is 6.80. The van der Waals surface area contributed by atoms with Crippen molar-refractivity contribution in [2.75, 3.05) is 0 Å². The van der Waals surface area contributed by atoms with Crippen LogP contribution in [0, 0.1) is 18.7 Å². The van der Waals surface area contributed by atoms with Gasteiger partial charge in [-0.1, -0.05) is 6.07 Å². The molecular weight excluding hydrogens is 261 g/mol. The van der Waals surface area contributed by atoms with Gasteiger partial charge >= 0.3 is 5.97 Å². The van der Waals surface area contributed by atoms with E-state index in [2.05, 4.69) is 0 Å². The molecule has 3 atom stereocenters. The van der Waals surface area contributed by atoms with Crippen molar-refractivity contribution in [1.29, 1.82) is 0 Å². The van der Waals surface area contributed by atoms with Crippen LogP contribution in [0.1, 0.15) is 35.2 Å². The Hall–Kier alpha value is -1.91. The molecule has 2 fully saturated rings. The third-order valence-corrected chi connectivity index (χ3v) is 4.44. The van der Waals surface area contributed by atoms with Crippen molar-refractivity contribution in [2.45, 2.75) is 38.3 Å². The highest BCUT2D eigenvalue weighted by molar-refractivity contribution is 5.96. The van der Waals surface area contributed by atoms with Crippen LogP contribution in [0.2, 0.25) is 0 Å². The number of benzene rings is 1. The molecule has 2 bridgehead atoms. The van der Waals surface area contributed by atoms with Crippen molar-refractivity contribution in [1.82, 2.24) is 4.90 Å². The Balaban J connectivity index is 1.90. The van der Waals surface area contributed by atoms with Gasteiger partial charge in [-0.2, -0.15) is 0 Å². The summed E-state index contributed by atoms with van der Waals surface area (Å²) in [5.41, 5.74) is 0.797. The molecule has 2 aliphatic heterocycles. The van der Waals surface area contributed by atoms with Gasteiger partial charge in [0.2, 0.25) is 0 Å². The van der Waals surface area contributed by atoms with Gasteiger partial charge in [-0.15, -0.1) is 0 Å². The number of carboxylic acids is 1. The van der Waals surface area contributed by atoms with Crippen molar-refractivity contribution in [3.05, 3.63) is 35.1 Å². The highest BCUT2D eigenvalue weighted by atomic mass is 19.1. The molecule has 3 rings (SSSR count). The van der Waals surface area contributed by atoms with Gasteiger partial charge in [-0.25, -0.2) is 4.39 Å². The molecule has 0 aliphatic carbocycles. The summed E-state index contributed by atoms with van der Waals surface area (Å²) in [6, 6.07) is 4.17. The fourth-order valence-corrected chi connectivity index (χ4v) is 3.50. The minimum atomic E-state index is -0.862. The average Bonchev–Trinajstić information content (AvgIpc) is 2.95. The van der Waals surface area contributed by atoms with Crippen LogP contribution < -0.4 is 0 Å². The number of halogens is 1. The highest BCUT2D eigenvalue weighted by Gasteiger charge is 2.51. The largest absolute Gasteiger partial charge is 0.481 e. The Morgan fingerprint density at radius 1 is 1.35 bits per heavy atom. The summed E-state index contributed by atoms with van der Waals surface area (Å²) in [7, 11) is 0. The number of aryl methyl sites for hydroxylation is 1. The van der Waals surface area contributed by atoms with Crippen LogP contribution in [-0.2, 0) is 4.79 Å². The number of rotatable bonds is 2. The number of fused-ring (bicyclic) bond motifs is 2. The second-order valence-corrected chi connectivity index (χ2v) is 5.67. The fourth-order valence-electron chi connectivity index (χ4n) is 3.50. The van der Waals surface area contributed by atoms with Crippen LogP contribution in [-0.4, -0.2) is 34.0 Å². The van der Waals surface area contributed by atoms with Crippen molar-refractivity contribution < 1.29 is 19.1 Å². The monoisotopic (exact) mass is 277 g/mol. The van der Waals surface area contributed by atoms with Gasteiger partial charge in [-0.05, 0) is 43.9 Å². The lowest BCUT2D eigenvalue weighted by atomic mass is 9.89. The molecule has 1 N–H and O–H groups in total. The lowest BCUT2D eigenvalue weighted by molar-refractivity contribution is -0.142. The van der Waals surface area contributed by atoms with Gasteiger partial charge in [0.1, 0.15) is 5.82 Å². The van der Waals surface area contributed by atoms with E-state index in [0.717, 1.165) is 12.0 Å². The molecule has 0 radical (unpaired) electrons. The number of hydrogen-bond donors (Lipinski definition) is 1. The molecular formula is C15H16FNO3. The maximum absolute atomic E-state index is 13.9. The van der Waals surface area contributed by atoms with Gasteiger partial charge in [0.15, 0.2) is 0 Å². The summed E-state index contributed by atoms with van der Waals surface area (Å²) in [6.45, 7) is 1.76. The zero-order valence-electron chi connectivity index (χ0n) is 11.2. The summed E-state index contributed by atoms with van der Waals surface area (Å²) in [4.78, 5) is 25.3. The Morgan fingerprint density at radius 3 is 2.70 bits per heavy atom. The molecule has 0 saturated carbocycles. The Morgan fingerprint density at radius 2 is 2.10 bits per heavy atom. The zero-order chi connectivity index (χ0) is 14.4. The van der Waals surface area contributed by atoms with E-state index in [4.69, 9.17) is 0 Å². The van der Waals surface area contributed by atoms with E-state index in [0.29, 0.717) is 12.8 Å². The van der Waals surface area contributed by atoms with Crippen molar-refractivity contribution in [3.8, 4) is 0 Å². The smallest absolute Gasteiger partial charge is 0.308 e. The molecule has 3 unspecified atom stereocenters. The number of amides is 1. The molecule has 5 heteroatoms. The number of nitrogens with zero attached hydrogens (tertiary/aromatic N) is 1. The van der Waals surface area contributed by atoms with E-state index in [1.807, 2.05) is 0 Å². The number of aliphatic carboxylic acids is 1. The molecule has 1 amide bonds. The summed E-state index contributed by atoms with van der Waals surface area (Å²) in [5, 5.41) is 9.18. The second-order valence-electron chi connectivity index (χ2n) is 5.67.